The van der Waals surface area contributed by atoms with Gasteiger partial charge in [0.15, 0.2) is 5.78 Å². The molecule has 0 saturated heterocycles. The number of halogens is 4. The van der Waals surface area contributed by atoms with Crippen LogP contribution < -0.4 is 10.4 Å². The fourth-order valence-electron chi connectivity index (χ4n) is 4.64. The molecule has 5 heteroatoms. The van der Waals surface area contributed by atoms with Crippen molar-refractivity contribution in [1.82, 2.24) is 0 Å². The molecule has 5 rings (SSSR count). The van der Waals surface area contributed by atoms with Crippen LogP contribution >= 0.6 is 0 Å². The Morgan fingerprint density at radius 2 is 1.71 bits per heavy atom. The Bertz CT molecular complexity index is 1330. The first kappa shape index (κ1) is 19.7. The van der Waals surface area contributed by atoms with Gasteiger partial charge in [-0.15, -0.1) is 0 Å². The van der Waals surface area contributed by atoms with Crippen LogP contribution in [0.15, 0.2) is 54.6 Å². The van der Waals surface area contributed by atoms with Gasteiger partial charge in [0.2, 0.25) is 0 Å². The van der Waals surface area contributed by atoms with Gasteiger partial charge in [0.25, 0.3) is 0 Å². The van der Waals surface area contributed by atoms with Crippen molar-refractivity contribution in [2.45, 2.75) is 25.4 Å². The lowest BCUT2D eigenvalue weighted by Gasteiger charge is -2.21. The smallest absolute Gasteiger partial charge is 0.294 e. The maximum Gasteiger partial charge on any atom is 0.416 e. The second-order valence-corrected chi connectivity index (χ2v) is 8.07. The van der Waals surface area contributed by atoms with Crippen molar-refractivity contribution in [3.63, 3.8) is 0 Å². The van der Waals surface area contributed by atoms with E-state index in [0.29, 0.717) is 18.9 Å². The lowest BCUT2D eigenvalue weighted by atomic mass is 9.82. The number of benzene rings is 3. The largest absolute Gasteiger partial charge is 0.416 e. The number of carbonyl (C=O) groups excluding carboxylic acids is 1. The Labute approximate surface area is 176 Å². The minimum absolute atomic E-state index is 0.240. The molecule has 156 valence electrons. The molecular weight excluding hydrogens is 404 g/mol. The van der Waals surface area contributed by atoms with Crippen molar-refractivity contribution < 1.29 is 22.4 Å². The standard InChI is InChI=1S/C26H18F4O/c27-20-12-18(11-19(14-20)26(28,29)30)25(31)17-6-5-16-8-9-22-21-4-2-1-3-15(21)7-10-23(22)24(16)13-17/h1-4,8-14,17H,5-7H2. The van der Waals surface area contributed by atoms with Crippen molar-refractivity contribution in [2.24, 2.45) is 5.92 Å². The molecule has 0 N–H and O–H groups in total. The maximum atomic E-state index is 13.8. The van der Waals surface area contributed by atoms with E-state index in [2.05, 4.69) is 30.3 Å². The number of fused-ring (bicyclic) bond motifs is 5. The average Bonchev–Trinajstić information content (AvgIpc) is 2.76. The third-order valence-electron chi connectivity index (χ3n) is 6.15. The number of carbonyl (C=O) groups is 1. The molecule has 0 bridgehead atoms. The van der Waals surface area contributed by atoms with E-state index in [1.54, 1.807) is 0 Å². The van der Waals surface area contributed by atoms with Gasteiger partial charge in [0.1, 0.15) is 5.82 Å². The average molecular weight is 422 g/mol. The molecule has 1 unspecified atom stereocenters. The molecule has 0 aliphatic heterocycles. The minimum atomic E-state index is -4.71. The zero-order chi connectivity index (χ0) is 21.8. The van der Waals surface area contributed by atoms with Crippen LogP contribution in [0.3, 0.4) is 0 Å². The highest BCUT2D eigenvalue weighted by molar-refractivity contribution is 6.01. The van der Waals surface area contributed by atoms with Crippen LogP contribution in [0.1, 0.15) is 33.5 Å². The molecule has 3 aromatic rings. The topological polar surface area (TPSA) is 17.1 Å². The van der Waals surface area contributed by atoms with Gasteiger partial charge in [-0.2, -0.15) is 13.2 Å². The van der Waals surface area contributed by atoms with E-state index in [4.69, 9.17) is 0 Å². The summed E-state index contributed by atoms with van der Waals surface area (Å²) in [5, 5.41) is 2.02. The zero-order valence-electron chi connectivity index (χ0n) is 16.5. The van der Waals surface area contributed by atoms with Crippen LogP contribution in [-0.4, -0.2) is 5.78 Å². The van der Waals surface area contributed by atoms with Gasteiger partial charge in [-0.1, -0.05) is 48.6 Å². The molecule has 1 atom stereocenters. The Balaban J connectivity index is 1.60. The number of alkyl halides is 3. The number of rotatable bonds is 2. The highest BCUT2D eigenvalue weighted by atomic mass is 19.4. The van der Waals surface area contributed by atoms with E-state index in [1.807, 2.05) is 18.2 Å². The molecule has 3 aromatic carbocycles. The molecule has 1 nitrogen and oxygen atoms in total. The molecule has 2 aliphatic carbocycles. The zero-order valence-corrected chi connectivity index (χ0v) is 16.5. The third kappa shape index (κ3) is 3.48. The first-order chi connectivity index (χ1) is 14.8. The molecule has 0 spiro atoms. The van der Waals surface area contributed by atoms with Crippen molar-refractivity contribution in [2.75, 3.05) is 0 Å². The van der Waals surface area contributed by atoms with Crippen molar-refractivity contribution in [3.05, 3.63) is 93.1 Å². The lowest BCUT2D eigenvalue weighted by Crippen LogP contribution is -2.37. The first-order valence-electron chi connectivity index (χ1n) is 10.2. The van der Waals surface area contributed by atoms with Gasteiger partial charge in [0.05, 0.1) is 5.56 Å². The summed E-state index contributed by atoms with van der Waals surface area (Å²) in [6.45, 7) is 0. The second kappa shape index (κ2) is 7.19. The van der Waals surface area contributed by atoms with Crippen LogP contribution in [0, 0.1) is 11.7 Å². The summed E-state index contributed by atoms with van der Waals surface area (Å²) < 4.78 is 53.0. The number of Topliss-reactive ketones (excluding diaryl/α,β-unsaturated/α-hetero) is 1. The lowest BCUT2D eigenvalue weighted by molar-refractivity contribution is -0.137. The summed E-state index contributed by atoms with van der Waals surface area (Å²) in [5.74, 6) is -2.13. The molecule has 0 aromatic heterocycles. The Morgan fingerprint density at radius 3 is 2.52 bits per heavy atom. The predicted octanol–water partition coefficient (Wildman–Crippen LogP) is 5.07. The van der Waals surface area contributed by atoms with E-state index >= 15 is 0 Å². The van der Waals surface area contributed by atoms with E-state index < -0.39 is 29.3 Å². The number of hydrogen-bond acceptors (Lipinski definition) is 1. The van der Waals surface area contributed by atoms with E-state index in [0.717, 1.165) is 45.7 Å². The van der Waals surface area contributed by atoms with Crippen molar-refractivity contribution in [1.29, 1.82) is 0 Å². The molecular formula is C26H18F4O. The quantitative estimate of drug-likeness (QED) is 0.416. The monoisotopic (exact) mass is 422 g/mol. The highest BCUT2D eigenvalue weighted by Gasteiger charge is 2.33. The summed E-state index contributed by atoms with van der Waals surface area (Å²) in [7, 11) is 0. The fraction of sp³-hybridized carbons (Fsp3) is 0.192. The Morgan fingerprint density at radius 1 is 0.903 bits per heavy atom. The maximum absolute atomic E-state index is 13.8. The number of hydrogen-bond donors (Lipinski definition) is 0. The number of aryl methyl sites for hydroxylation is 1. The predicted molar refractivity (Wildman–Crippen MR) is 111 cm³/mol. The normalized spacial score (nSPS) is 17.0. The molecule has 31 heavy (non-hydrogen) atoms. The van der Waals surface area contributed by atoms with Crippen molar-refractivity contribution >= 4 is 17.9 Å². The molecule has 0 radical (unpaired) electrons. The second-order valence-electron chi connectivity index (χ2n) is 8.07. The van der Waals surface area contributed by atoms with E-state index in [-0.39, 0.29) is 5.56 Å². The number of ketones is 1. The van der Waals surface area contributed by atoms with E-state index in [9.17, 15) is 22.4 Å². The summed E-state index contributed by atoms with van der Waals surface area (Å²) >= 11 is 0. The van der Waals surface area contributed by atoms with Crippen LogP contribution in [0.4, 0.5) is 17.6 Å². The summed E-state index contributed by atoms with van der Waals surface area (Å²) in [6.07, 6.45) is 1.20. The molecule has 0 amide bonds. The molecule has 0 heterocycles. The SMILES string of the molecule is O=C(c1cc(F)cc(C(F)(F)F)c1)C1C=c2c(ccc3c2=CCc2ccccc2-3)CC1. The van der Waals surface area contributed by atoms with Crippen molar-refractivity contribution in [3.8, 4) is 11.1 Å². The van der Waals surface area contributed by atoms with Crippen LogP contribution in [0.25, 0.3) is 23.3 Å². The molecule has 0 saturated carbocycles. The summed E-state index contributed by atoms with van der Waals surface area (Å²) in [6, 6.07) is 14.4. The van der Waals surface area contributed by atoms with Gasteiger partial charge in [-0.05, 0) is 70.2 Å². The summed E-state index contributed by atoms with van der Waals surface area (Å²) in [5.41, 5.74) is 3.22. The van der Waals surface area contributed by atoms with Gasteiger partial charge < -0.3 is 0 Å². The highest BCUT2D eigenvalue weighted by Crippen LogP contribution is 2.32. The first-order valence-corrected chi connectivity index (χ1v) is 10.2. The minimum Gasteiger partial charge on any atom is -0.294 e. The Hall–Kier alpha value is -3.21. The molecule has 0 fully saturated rings. The van der Waals surface area contributed by atoms with Crippen LogP contribution in [0.2, 0.25) is 0 Å². The van der Waals surface area contributed by atoms with Crippen LogP contribution in [-0.2, 0) is 19.0 Å². The summed E-state index contributed by atoms with van der Waals surface area (Å²) in [4.78, 5) is 13.0. The fourth-order valence-corrected chi connectivity index (χ4v) is 4.64. The molecule has 2 aliphatic rings. The van der Waals surface area contributed by atoms with Gasteiger partial charge >= 0.3 is 6.18 Å². The Kier molecular flexibility index (Phi) is 4.58. The van der Waals surface area contributed by atoms with E-state index in [1.165, 1.54) is 5.56 Å². The third-order valence-corrected chi connectivity index (χ3v) is 6.15. The van der Waals surface area contributed by atoms with Gasteiger partial charge in [-0.25, -0.2) is 4.39 Å². The van der Waals surface area contributed by atoms with Gasteiger partial charge in [0, 0.05) is 11.5 Å². The van der Waals surface area contributed by atoms with Gasteiger partial charge in [-0.3, -0.25) is 4.79 Å². The van der Waals surface area contributed by atoms with Crippen LogP contribution in [0.5, 0.6) is 0 Å².